The Balaban J connectivity index is 0.00000115. The number of hydrogen-bond acceptors (Lipinski definition) is 6. The predicted octanol–water partition coefficient (Wildman–Crippen LogP) is 14.5. The number of esters is 2. The SMILES string of the molecule is CC(C)CCCCCCCOC(=O)c1ccccc1C(=O)OCCCCCCCC(C)C.CCCCC(CC)CC(CCCC(=O)O)(CC(CC)CCCC)C(=O)O. The smallest absolute Gasteiger partial charge is 0.339 e. The molecule has 0 aromatic heterocycles. The first-order valence-electron chi connectivity index (χ1n) is 23.6. The van der Waals surface area contributed by atoms with E-state index in [0.717, 1.165) is 88.9 Å². The Morgan fingerprint density at radius 2 is 0.948 bits per heavy atom. The van der Waals surface area contributed by atoms with Gasteiger partial charge in [-0.15, -0.1) is 0 Å². The van der Waals surface area contributed by atoms with Crippen LogP contribution < -0.4 is 0 Å². The predicted molar refractivity (Wildman–Crippen MR) is 239 cm³/mol. The first-order valence-corrected chi connectivity index (χ1v) is 23.6. The number of ether oxygens (including phenoxy) is 2. The topological polar surface area (TPSA) is 127 Å². The van der Waals surface area contributed by atoms with Gasteiger partial charge in [0.05, 0.1) is 29.8 Å². The maximum absolute atomic E-state index is 12.5. The van der Waals surface area contributed by atoms with E-state index < -0.39 is 29.3 Å². The third kappa shape index (κ3) is 27.0. The fraction of sp³-hybridized carbons (Fsp3) is 0.800. The zero-order valence-corrected chi connectivity index (χ0v) is 38.6. The molecule has 0 radical (unpaired) electrons. The van der Waals surface area contributed by atoms with Crippen LogP contribution in [0.2, 0.25) is 0 Å². The standard InChI is InChI=1S/C28H46O4.C22H42O4/c1-23(2)17-11-7-5-9-15-21-31-27(29)25-19-13-14-20-26(25)28(30)32-22-16-10-6-8-12-18-24(3)4;1-5-9-12-18(7-3)16-22(21(25)26,15-11-14-20(23)24)17-19(8-4)13-10-6-2/h13-14,19-20,23-24H,5-12,15-18,21-22H2,1-4H3;18-19H,5-17H2,1-4H3,(H,23,24)(H,25,26). The molecule has 0 aliphatic rings. The van der Waals surface area contributed by atoms with Crippen LogP contribution in [0.25, 0.3) is 0 Å². The Kier molecular flexibility index (Phi) is 33.2. The summed E-state index contributed by atoms with van der Waals surface area (Å²) in [5.41, 5.74) is -0.176. The van der Waals surface area contributed by atoms with Gasteiger partial charge in [0.2, 0.25) is 0 Å². The van der Waals surface area contributed by atoms with Crippen LogP contribution in [0.4, 0.5) is 0 Å². The Morgan fingerprint density at radius 1 is 0.552 bits per heavy atom. The van der Waals surface area contributed by atoms with Crippen molar-refractivity contribution in [2.45, 2.75) is 216 Å². The quantitative estimate of drug-likeness (QED) is 0.0512. The molecule has 0 aliphatic carbocycles. The van der Waals surface area contributed by atoms with E-state index in [1.54, 1.807) is 24.3 Å². The van der Waals surface area contributed by atoms with Crippen molar-refractivity contribution in [2.75, 3.05) is 13.2 Å². The molecular weight excluding hydrogens is 729 g/mol. The molecule has 1 rings (SSSR count). The second kappa shape index (κ2) is 34.9. The van der Waals surface area contributed by atoms with Crippen molar-refractivity contribution in [2.24, 2.45) is 29.1 Å². The number of aliphatic carboxylic acids is 2. The van der Waals surface area contributed by atoms with E-state index in [9.17, 15) is 24.3 Å². The highest BCUT2D eigenvalue weighted by atomic mass is 16.5. The third-order valence-corrected chi connectivity index (χ3v) is 11.6. The van der Waals surface area contributed by atoms with Crippen LogP contribution in [-0.4, -0.2) is 47.3 Å². The number of hydrogen-bond donors (Lipinski definition) is 2. The summed E-state index contributed by atoms with van der Waals surface area (Å²) in [7, 11) is 0. The molecule has 2 unspecified atom stereocenters. The number of carboxylic acid groups (broad SMARTS) is 2. The van der Waals surface area contributed by atoms with Crippen molar-refractivity contribution < 1.29 is 38.9 Å². The van der Waals surface area contributed by atoms with Crippen molar-refractivity contribution in [3.05, 3.63) is 35.4 Å². The lowest BCUT2D eigenvalue weighted by Crippen LogP contribution is -2.36. The highest BCUT2D eigenvalue weighted by Gasteiger charge is 2.41. The van der Waals surface area contributed by atoms with E-state index in [-0.39, 0.29) is 6.42 Å². The van der Waals surface area contributed by atoms with Gasteiger partial charge in [-0.2, -0.15) is 0 Å². The monoisotopic (exact) mass is 817 g/mol. The molecule has 8 heteroatoms. The molecule has 58 heavy (non-hydrogen) atoms. The van der Waals surface area contributed by atoms with Gasteiger partial charge in [0.15, 0.2) is 0 Å². The molecule has 0 saturated carbocycles. The van der Waals surface area contributed by atoms with E-state index in [4.69, 9.17) is 14.6 Å². The van der Waals surface area contributed by atoms with Crippen molar-refractivity contribution in [3.8, 4) is 0 Å². The zero-order chi connectivity index (χ0) is 43.6. The summed E-state index contributed by atoms with van der Waals surface area (Å²) in [5, 5.41) is 19.2. The second-order valence-corrected chi connectivity index (χ2v) is 17.8. The molecule has 0 heterocycles. The minimum atomic E-state index is -0.833. The molecule has 1 aromatic rings. The molecule has 1 aromatic carbocycles. The summed E-state index contributed by atoms with van der Waals surface area (Å²) in [6, 6.07) is 6.78. The van der Waals surface area contributed by atoms with Crippen LogP contribution in [0.3, 0.4) is 0 Å². The molecule has 2 atom stereocenters. The van der Waals surface area contributed by atoms with Gasteiger partial charge >= 0.3 is 23.9 Å². The molecule has 0 bridgehead atoms. The minimum Gasteiger partial charge on any atom is -0.481 e. The van der Waals surface area contributed by atoms with E-state index in [1.807, 2.05) is 0 Å². The van der Waals surface area contributed by atoms with Crippen LogP contribution in [0.5, 0.6) is 0 Å². The minimum absolute atomic E-state index is 0.0620. The van der Waals surface area contributed by atoms with Gasteiger partial charge in [-0.05, 0) is 74.3 Å². The zero-order valence-electron chi connectivity index (χ0n) is 38.6. The Morgan fingerprint density at radius 3 is 1.29 bits per heavy atom. The molecule has 336 valence electrons. The molecule has 0 fully saturated rings. The van der Waals surface area contributed by atoms with Crippen LogP contribution >= 0.6 is 0 Å². The highest BCUT2D eigenvalue weighted by molar-refractivity contribution is 6.03. The van der Waals surface area contributed by atoms with Crippen molar-refractivity contribution in [1.82, 2.24) is 0 Å². The fourth-order valence-electron chi connectivity index (χ4n) is 7.83. The van der Waals surface area contributed by atoms with E-state index in [0.29, 0.717) is 61.9 Å². The molecule has 0 spiro atoms. The number of carbonyl (C=O) groups excluding carboxylic acids is 2. The van der Waals surface area contributed by atoms with Gasteiger partial charge < -0.3 is 19.7 Å². The van der Waals surface area contributed by atoms with Crippen LogP contribution in [0.1, 0.15) is 237 Å². The van der Waals surface area contributed by atoms with Gasteiger partial charge in [0, 0.05) is 6.42 Å². The molecule has 8 nitrogen and oxygen atoms in total. The van der Waals surface area contributed by atoms with Crippen molar-refractivity contribution in [1.29, 1.82) is 0 Å². The number of carbonyl (C=O) groups is 4. The average molecular weight is 817 g/mol. The molecule has 0 aliphatic heterocycles. The summed E-state index contributed by atoms with van der Waals surface area (Å²) < 4.78 is 10.8. The summed E-state index contributed by atoms with van der Waals surface area (Å²) >= 11 is 0. The molecule has 0 saturated heterocycles. The van der Waals surface area contributed by atoms with Gasteiger partial charge in [-0.3, -0.25) is 9.59 Å². The second-order valence-electron chi connectivity index (χ2n) is 17.8. The van der Waals surface area contributed by atoms with Crippen molar-refractivity contribution in [3.63, 3.8) is 0 Å². The van der Waals surface area contributed by atoms with Gasteiger partial charge in [0.1, 0.15) is 0 Å². The Bertz CT molecular complexity index is 1130. The lowest BCUT2D eigenvalue weighted by Gasteiger charge is -2.36. The summed E-state index contributed by atoms with van der Waals surface area (Å²) in [6.07, 6.45) is 24.8. The van der Waals surface area contributed by atoms with Gasteiger partial charge in [-0.25, -0.2) is 9.59 Å². The summed E-state index contributed by atoms with van der Waals surface area (Å²) in [6.45, 7) is 18.4. The molecule has 2 N–H and O–H groups in total. The first kappa shape index (κ1) is 55.1. The molecule has 0 amide bonds. The van der Waals surface area contributed by atoms with Crippen LogP contribution in [-0.2, 0) is 19.1 Å². The lowest BCUT2D eigenvalue weighted by molar-refractivity contribution is -0.153. The first-order chi connectivity index (χ1) is 27.8. The average Bonchev–Trinajstić information content (AvgIpc) is 3.19. The van der Waals surface area contributed by atoms with Crippen molar-refractivity contribution >= 4 is 23.9 Å². The highest BCUT2D eigenvalue weighted by Crippen LogP contribution is 2.43. The summed E-state index contributed by atoms with van der Waals surface area (Å²) in [5.74, 6) is -0.0678. The number of rotatable bonds is 35. The maximum Gasteiger partial charge on any atom is 0.339 e. The van der Waals surface area contributed by atoms with Gasteiger partial charge in [0.25, 0.3) is 0 Å². The number of carboxylic acids is 2. The lowest BCUT2D eigenvalue weighted by atomic mass is 9.68. The van der Waals surface area contributed by atoms with Crippen LogP contribution in [0, 0.1) is 29.1 Å². The molecular formula is C50H88O8. The number of unbranched alkanes of at least 4 members (excludes halogenated alkanes) is 10. The van der Waals surface area contributed by atoms with E-state index in [1.165, 1.54) is 51.4 Å². The number of benzene rings is 1. The maximum atomic E-state index is 12.5. The fourth-order valence-corrected chi connectivity index (χ4v) is 7.83. The summed E-state index contributed by atoms with van der Waals surface area (Å²) in [4.78, 5) is 48.3. The van der Waals surface area contributed by atoms with Crippen LogP contribution in [0.15, 0.2) is 24.3 Å². The van der Waals surface area contributed by atoms with E-state index in [2.05, 4.69) is 55.4 Å². The van der Waals surface area contributed by atoms with E-state index >= 15 is 0 Å². The Labute approximate surface area is 355 Å². The van der Waals surface area contributed by atoms with Gasteiger partial charge in [-0.1, -0.05) is 183 Å². The largest absolute Gasteiger partial charge is 0.481 e. The normalized spacial score (nSPS) is 13.3. The Hall–Kier alpha value is -2.90. The third-order valence-electron chi connectivity index (χ3n) is 11.6.